The van der Waals surface area contributed by atoms with Gasteiger partial charge in [-0.2, -0.15) is 0 Å². The Kier molecular flexibility index (Phi) is 3.13. The zero-order chi connectivity index (χ0) is 10.0. The molecule has 1 aromatic carbocycles. The van der Waals surface area contributed by atoms with Gasteiger partial charge in [0.2, 0.25) is 0 Å². The SMILES string of the molecule is COC(=O)c1cc(N)cc(C)c1I. The molecule has 3 nitrogen and oxygen atoms in total. The van der Waals surface area contributed by atoms with Crippen LogP contribution in [0.4, 0.5) is 5.69 Å². The van der Waals surface area contributed by atoms with Crippen molar-refractivity contribution in [1.29, 1.82) is 0 Å². The topological polar surface area (TPSA) is 52.3 Å². The van der Waals surface area contributed by atoms with Gasteiger partial charge in [0.05, 0.1) is 12.7 Å². The van der Waals surface area contributed by atoms with E-state index in [1.165, 1.54) is 7.11 Å². The van der Waals surface area contributed by atoms with E-state index in [-0.39, 0.29) is 5.97 Å². The molecule has 1 rings (SSSR count). The Morgan fingerprint density at radius 2 is 2.15 bits per heavy atom. The lowest BCUT2D eigenvalue weighted by Gasteiger charge is -2.06. The lowest BCUT2D eigenvalue weighted by molar-refractivity contribution is 0.0599. The first-order chi connectivity index (χ1) is 6.06. The summed E-state index contributed by atoms with van der Waals surface area (Å²) in [4.78, 5) is 11.3. The predicted molar refractivity (Wildman–Crippen MR) is 59.6 cm³/mol. The number of nitrogens with two attached hydrogens (primary N) is 1. The zero-order valence-corrected chi connectivity index (χ0v) is 9.58. The van der Waals surface area contributed by atoms with E-state index in [2.05, 4.69) is 27.3 Å². The zero-order valence-electron chi connectivity index (χ0n) is 7.43. The molecule has 0 aliphatic carbocycles. The van der Waals surface area contributed by atoms with Crippen LogP contribution in [0, 0.1) is 10.5 Å². The Bertz CT molecular complexity index is 350. The molecular weight excluding hydrogens is 281 g/mol. The fourth-order valence-corrected chi connectivity index (χ4v) is 1.59. The van der Waals surface area contributed by atoms with Crippen LogP contribution in [0.3, 0.4) is 0 Å². The van der Waals surface area contributed by atoms with E-state index < -0.39 is 0 Å². The van der Waals surface area contributed by atoms with Crippen molar-refractivity contribution in [2.24, 2.45) is 0 Å². The average molecular weight is 291 g/mol. The number of carbonyl (C=O) groups is 1. The van der Waals surface area contributed by atoms with Gasteiger partial charge in [0.25, 0.3) is 0 Å². The third-order valence-corrected chi connectivity index (χ3v) is 3.11. The molecule has 0 unspecified atom stereocenters. The second-order valence-electron chi connectivity index (χ2n) is 2.69. The second kappa shape index (κ2) is 3.95. The third kappa shape index (κ3) is 2.12. The van der Waals surface area contributed by atoms with Gasteiger partial charge in [-0.3, -0.25) is 0 Å². The number of methoxy groups -OCH3 is 1. The number of nitrogen functional groups attached to an aromatic ring is 1. The Hall–Kier alpha value is -0.780. The van der Waals surface area contributed by atoms with Crippen LogP contribution in [-0.2, 0) is 4.74 Å². The van der Waals surface area contributed by atoms with Crippen LogP contribution in [-0.4, -0.2) is 13.1 Å². The van der Waals surface area contributed by atoms with Crippen molar-refractivity contribution < 1.29 is 9.53 Å². The van der Waals surface area contributed by atoms with Gasteiger partial charge in [-0.15, -0.1) is 0 Å². The standard InChI is InChI=1S/C9H10INO2/c1-5-3-6(11)4-7(8(5)10)9(12)13-2/h3-4H,11H2,1-2H3. The van der Waals surface area contributed by atoms with Gasteiger partial charge in [0, 0.05) is 9.26 Å². The van der Waals surface area contributed by atoms with Gasteiger partial charge in [-0.1, -0.05) is 0 Å². The highest BCUT2D eigenvalue weighted by Crippen LogP contribution is 2.21. The summed E-state index contributed by atoms with van der Waals surface area (Å²) in [5.74, 6) is -0.347. The summed E-state index contributed by atoms with van der Waals surface area (Å²) in [5, 5.41) is 0. The van der Waals surface area contributed by atoms with Gasteiger partial charge >= 0.3 is 5.97 Å². The smallest absolute Gasteiger partial charge is 0.339 e. The Morgan fingerprint density at radius 1 is 1.54 bits per heavy atom. The summed E-state index contributed by atoms with van der Waals surface area (Å²) in [6.07, 6.45) is 0. The maximum atomic E-state index is 11.3. The number of hydrogen-bond acceptors (Lipinski definition) is 3. The van der Waals surface area contributed by atoms with Crippen LogP contribution in [0.2, 0.25) is 0 Å². The molecule has 0 aliphatic rings. The molecule has 0 atom stereocenters. The van der Waals surface area contributed by atoms with Crippen molar-refractivity contribution in [3.05, 3.63) is 26.8 Å². The molecule has 70 valence electrons. The van der Waals surface area contributed by atoms with Crippen molar-refractivity contribution >= 4 is 34.2 Å². The van der Waals surface area contributed by atoms with Crippen LogP contribution in [0.15, 0.2) is 12.1 Å². The highest BCUT2D eigenvalue weighted by molar-refractivity contribution is 14.1. The van der Waals surface area contributed by atoms with E-state index in [1.54, 1.807) is 6.07 Å². The van der Waals surface area contributed by atoms with E-state index in [4.69, 9.17) is 5.73 Å². The maximum absolute atomic E-state index is 11.3. The third-order valence-electron chi connectivity index (χ3n) is 1.68. The minimum atomic E-state index is -0.347. The van der Waals surface area contributed by atoms with Crippen molar-refractivity contribution in [2.75, 3.05) is 12.8 Å². The normalized spacial score (nSPS) is 9.77. The summed E-state index contributed by atoms with van der Waals surface area (Å²) >= 11 is 2.10. The summed E-state index contributed by atoms with van der Waals surface area (Å²) in [7, 11) is 1.36. The molecular formula is C9H10INO2. The molecule has 0 aliphatic heterocycles. The Labute approximate surface area is 90.4 Å². The number of rotatable bonds is 1. The van der Waals surface area contributed by atoms with Crippen LogP contribution < -0.4 is 5.73 Å². The number of carbonyl (C=O) groups excluding carboxylic acids is 1. The predicted octanol–water partition coefficient (Wildman–Crippen LogP) is 1.97. The van der Waals surface area contributed by atoms with E-state index >= 15 is 0 Å². The lowest BCUT2D eigenvalue weighted by Crippen LogP contribution is -2.06. The molecule has 0 radical (unpaired) electrons. The molecule has 0 saturated heterocycles. The number of ether oxygens (including phenoxy) is 1. The first-order valence-corrected chi connectivity index (χ1v) is 4.78. The van der Waals surface area contributed by atoms with Crippen molar-refractivity contribution in [3.8, 4) is 0 Å². The van der Waals surface area contributed by atoms with Gasteiger partial charge < -0.3 is 10.5 Å². The fraction of sp³-hybridized carbons (Fsp3) is 0.222. The largest absolute Gasteiger partial charge is 0.465 e. The molecule has 0 aromatic heterocycles. The van der Waals surface area contributed by atoms with E-state index in [0.717, 1.165) is 9.13 Å². The number of anilines is 1. The quantitative estimate of drug-likeness (QED) is 0.489. The maximum Gasteiger partial charge on any atom is 0.339 e. The first kappa shape index (κ1) is 10.3. The van der Waals surface area contributed by atoms with Crippen LogP contribution in [0.1, 0.15) is 15.9 Å². The van der Waals surface area contributed by atoms with Gasteiger partial charge in [-0.05, 0) is 47.2 Å². The number of aryl methyl sites for hydroxylation is 1. The second-order valence-corrected chi connectivity index (χ2v) is 3.77. The van der Waals surface area contributed by atoms with E-state index in [9.17, 15) is 4.79 Å². The molecule has 13 heavy (non-hydrogen) atoms. The summed E-state index contributed by atoms with van der Waals surface area (Å²) in [6.45, 7) is 1.91. The molecule has 0 bridgehead atoms. The molecule has 0 amide bonds. The lowest BCUT2D eigenvalue weighted by atomic mass is 10.1. The molecule has 0 heterocycles. The molecule has 2 N–H and O–H groups in total. The summed E-state index contributed by atoms with van der Waals surface area (Å²) in [5.41, 5.74) is 7.71. The van der Waals surface area contributed by atoms with Gasteiger partial charge in [-0.25, -0.2) is 4.79 Å². The van der Waals surface area contributed by atoms with Crippen LogP contribution in [0.25, 0.3) is 0 Å². The van der Waals surface area contributed by atoms with E-state index in [0.29, 0.717) is 11.3 Å². The van der Waals surface area contributed by atoms with Crippen molar-refractivity contribution in [3.63, 3.8) is 0 Å². The number of hydrogen-bond donors (Lipinski definition) is 1. The highest BCUT2D eigenvalue weighted by Gasteiger charge is 2.12. The number of halogens is 1. The van der Waals surface area contributed by atoms with Crippen LogP contribution in [0.5, 0.6) is 0 Å². The van der Waals surface area contributed by atoms with Crippen molar-refractivity contribution in [2.45, 2.75) is 6.92 Å². The minimum absolute atomic E-state index is 0.347. The Balaban J connectivity index is 3.28. The van der Waals surface area contributed by atoms with Crippen molar-refractivity contribution in [1.82, 2.24) is 0 Å². The van der Waals surface area contributed by atoms with E-state index in [1.807, 2.05) is 13.0 Å². The fourth-order valence-electron chi connectivity index (χ4n) is 1.06. The number of esters is 1. The molecule has 0 saturated carbocycles. The summed E-state index contributed by atoms with van der Waals surface area (Å²) in [6, 6.07) is 3.45. The van der Waals surface area contributed by atoms with Gasteiger partial charge in [0.1, 0.15) is 0 Å². The number of benzene rings is 1. The first-order valence-electron chi connectivity index (χ1n) is 3.70. The molecule has 4 heteroatoms. The van der Waals surface area contributed by atoms with Crippen LogP contribution >= 0.6 is 22.6 Å². The van der Waals surface area contributed by atoms with Gasteiger partial charge in [0.15, 0.2) is 0 Å². The molecule has 0 spiro atoms. The monoisotopic (exact) mass is 291 g/mol. The molecule has 0 fully saturated rings. The minimum Gasteiger partial charge on any atom is -0.465 e. The summed E-state index contributed by atoms with van der Waals surface area (Å²) < 4.78 is 5.52. The average Bonchev–Trinajstić information content (AvgIpc) is 2.10. The molecule has 1 aromatic rings. The Morgan fingerprint density at radius 3 is 2.69 bits per heavy atom. The highest BCUT2D eigenvalue weighted by atomic mass is 127.